The number of nitrogens with two attached hydrogens (primary N) is 3. The van der Waals surface area contributed by atoms with Gasteiger partial charge >= 0.3 is 0 Å². The second-order valence-electron chi connectivity index (χ2n) is 6.40. The lowest BCUT2D eigenvalue weighted by Crippen LogP contribution is -2.46. The molecule has 28 heavy (non-hydrogen) atoms. The summed E-state index contributed by atoms with van der Waals surface area (Å²) in [6.45, 7) is 4.27. The Morgan fingerprint density at radius 3 is 2.36 bits per heavy atom. The lowest BCUT2D eigenvalue weighted by molar-refractivity contribution is -0.129. The van der Waals surface area contributed by atoms with E-state index in [2.05, 4.69) is 20.8 Å². The van der Waals surface area contributed by atoms with Crippen LogP contribution in [0.3, 0.4) is 0 Å². The molecule has 0 aromatic heterocycles. The molecule has 1 rings (SSSR count). The summed E-state index contributed by atoms with van der Waals surface area (Å²) in [5.74, 6) is 0.209. The van der Waals surface area contributed by atoms with E-state index >= 15 is 0 Å². The number of unbranched alkanes of at least 4 members (excludes halogenated alkanes) is 1. The van der Waals surface area contributed by atoms with Crippen molar-refractivity contribution in [1.82, 2.24) is 10.6 Å². The molecule has 1 atom stereocenters. The standard InChI is InChI=1S/C19H31N7O2/c1-3-17(27)24-16(6-4-5-11-20)19(28)23-12-14-7-9-15(10-8-14)18(22)26-25-13(2)21/h7-10,16H,3-6,11-12,20H2,1-2H3,(H2,21,25)(H2,22,26)(H,23,28)(H,24,27). The largest absolute Gasteiger partial charge is 0.386 e. The van der Waals surface area contributed by atoms with Gasteiger partial charge in [-0.15, -0.1) is 10.2 Å². The fourth-order valence-corrected chi connectivity index (χ4v) is 2.35. The number of carbonyl (C=O) groups is 2. The Bertz CT molecular complexity index is 695. The van der Waals surface area contributed by atoms with Crippen molar-refractivity contribution in [3.05, 3.63) is 35.4 Å². The van der Waals surface area contributed by atoms with Crippen LogP contribution in [-0.2, 0) is 16.1 Å². The van der Waals surface area contributed by atoms with Gasteiger partial charge in [0.05, 0.1) is 0 Å². The molecular weight excluding hydrogens is 358 g/mol. The molecule has 1 unspecified atom stereocenters. The summed E-state index contributed by atoms with van der Waals surface area (Å²) in [6.07, 6.45) is 2.47. The second-order valence-corrected chi connectivity index (χ2v) is 6.40. The van der Waals surface area contributed by atoms with Gasteiger partial charge in [-0.05, 0) is 38.3 Å². The van der Waals surface area contributed by atoms with Gasteiger partial charge < -0.3 is 27.8 Å². The molecule has 1 aromatic rings. The molecule has 0 fully saturated rings. The summed E-state index contributed by atoms with van der Waals surface area (Å²) in [4.78, 5) is 24.1. The maximum atomic E-state index is 12.5. The predicted molar refractivity (Wildman–Crippen MR) is 111 cm³/mol. The van der Waals surface area contributed by atoms with Crippen LogP contribution in [0, 0.1) is 0 Å². The molecule has 0 aliphatic carbocycles. The topological polar surface area (TPSA) is 161 Å². The molecule has 9 nitrogen and oxygen atoms in total. The second kappa shape index (κ2) is 12.4. The van der Waals surface area contributed by atoms with Gasteiger partial charge in [0.25, 0.3) is 0 Å². The molecule has 0 spiro atoms. The van der Waals surface area contributed by atoms with Gasteiger partial charge in [0.1, 0.15) is 11.9 Å². The highest BCUT2D eigenvalue weighted by molar-refractivity contribution is 5.97. The predicted octanol–water partition coefficient (Wildman–Crippen LogP) is 0.324. The van der Waals surface area contributed by atoms with Crippen LogP contribution in [0.1, 0.15) is 50.7 Å². The van der Waals surface area contributed by atoms with Gasteiger partial charge in [0.2, 0.25) is 11.8 Å². The van der Waals surface area contributed by atoms with E-state index < -0.39 is 6.04 Å². The van der Waals surface area contributed by atoms with E-state index in [1.54, 1.807) is 26.0 Å². The van der Waals surface area contributed by atoms with Gasteiger partial charge in [0, 0.05) is 18.5 Å². The van der Waals surface area contributed by atoms with Crippen molar-refractivity contribution in [3.8, 4) is 0 Å². The van der Waals surface area contributed by atoms with Crippen molar-refractivity contribution in [2.75, 3.05) is 6.54 Å². The van der Waals surface area contributed by atoms with Gasteiger partial charge in [-0.3, -0.25) is 9.59 Å². The maximum absolute atomic E-state index is 12.5. The van der Waals surface area contributed by atoms with Crippen LogP contribution in [0.2, 0.25) is 0 Å². The van der Waals surface area contributed by atoms with Gasteiger partial charge in [0.15, 0.2) is 5.84 Å². The molecule has 0 aliphatic heterocycles. The molecule has 2 amide bonds. The normalized spacial score (nSPS) is 13.1. The quantitative estimate of drug-likeness (QED) is 0.159. The van der Waals surface area contributed by atoms with Crippen molar-refractivity contribution >= 4 is 23.5 Å². The first kappa shape index (κ1) is 23.1. The van der Waals surface area contributed by atoms with Crippen molar-refractivity contribution in [3.63, 3.8) is 0 Å². The van der Waals surface area contributed by atoms with E-state index in [4.69, 9.17) is 17.2 Å². The number of benzene rings is 1. The third-order valence-corrected chi connectivity index (χ3v) is 3.95. The Morgan fingerprint density at radius 1 is 1.11 bits per heavy atom. The van der Waals surface area contributed by atoms with E-state index in [-0.39, 0.29) is 17.6 Å². The molecule has 154 valence electrons. The van der Waals surface area contributed by atoms with Gasteiger partial charge in [-0.2, -0.15) is 0 Å². The average Bonchev–Trinajstić information content (AvgIpc) is 2.69. The van der Waals surface area contributed by atoms with Gasteiger partial charge in [-0.1, -0.05) is 31.2 Å². The maximum Gasteiger partial charge on any atom is 0.242 e. The highest BCUT2D eigenvalue weighted by atomic mass is 16.2. The zero-order chi connectivity index (χ0) is 20.9. The SMILES string of the molecule is CCC(=O)NC(CCCCN)C(=O)NCc1ccc(/C(N)=N/N=C(/C)N)cc1. The number of amidine groups is 2. The molecule has 0 aliphatic rings. The lowest BCUT2D eigenvalue weighted by atomic mass is 10.1. The number of rotatable bonds is 11. The van der Waals surface area contributed by atoms with Crippen LogP contribution in [0.4, 0.5) is 0 Å². The Hall–Kier alpha value is -2.94. The number of nitrogens with zero attached hydrogens (tertiary/aromatic N) is 2. The van der Waals surface area contributed by atoms with Crippen LogP contribution in [0.25, 0.3) is 0 Å². The molecule has 9 heteroatoms. The summed E-state index contributed by atoms with van der Waals surface area (Å²) in [7, 11) is 0. The average molecular weight is 390 g/mol. The van der Waals surface area contributed by atoms with Crippen LogP contribution >= 0.6 is 0 Å². The Balaban J connectivity index is 2.66. The number of hydrogen-bond donors (Lipinski definition) is 5. The number of amides is 2. The van der Waals surface area contributed by atoms with Crippen molar-refractivity contribution < 1.29 is 9.59 Å². The summed E-state index contributed by atoms with van der Waals surface area (Å²) < 4.78 is 0. The monoisotopic (exact) mass is 389 g/mol. The van der Waals surface area contributed by atoms with E-state index in [9.17, 15) is 9.59 Å². The fourth-order valence-electron chi connectivity index (χ4n) is 2.35. The van der Waals surface area contributed by atoms with E-state index in [1.807, 2.05) is 12.1 Å². The fraction of sp³-hybridized carbons (Fsp3) is 0.474. The van der Waals surface area contributed by atoms with Crippen LogP contribution in [0.15, 0.2) is 34.5 Å². The van der Waals surface area contributed by atoms with Crippen molar-refractivity contribution in [2.24, 2.45) is 27.4 Å². The van der Waals surface area contributed by atoms with Crippen molar-refractivity contribution in [2.45, 2.75) is 52.1 Å². The summed E-state index contributed by atoms with van der Waals surface area (Å²) in [6, 6.07) is 6.70. The number of hydrogen-bond acceptors (Lipinski definition) is 5. The first-order valence-corrected chi connectivity index (χ1v) is 9.37. The van der Waals surface area contributed by atoms with Crippen LogP contribution in [0.5, 0.6) is 0 Å². The Labute approximate surface area is 165 Å². The first-order valence-electron chi connectivity index (χ1n) is 9.37. The Morgan fingerprint density at radius 2 is 1.79 bits per heavy atom. The number of nitrogens with one attached hydrogen (secondary N) is 2. The molecule has 1 aromatic carbocycles. The Kier molecular flexibility index (Phi) is 10.3. The highest BCUT2D eigenvalue weighted by Gasteiger charge is 2.19. The third kappa shape index (κ3) is 8.63. The van der Waals surface area contributed by atoms with E-state index in [0.29, 0.717) is 37.3 Å². The minimum Gasteiger partial charge on any atom is -0.386 e. The molecule has 0 saturated heterocycles. The third-order valence-electron chi connectivity index (χ3n) is 3.95. The zero-order valence-corrected chi connectivity index (χ0v) is 16.6. The summed E-state index contributed by atoms with van der Waals surface area (Å²) in [5.41, 5.74) is 18.4. The zero-order valence-electron chi connectivity index (χ0n) is 16.6. The number of carbonyl (C=O) groups excluding carboxylic acids is 2. The minimum absolute atomic E-state index is 0.151. The van der Waals surface area contributed by atoms with Gasteiger partial charge in [-0.25, -0.2) is 0 Å². The summed E-state index contributed by atoms with van der Waals surface area (Å²) >= 11 is 0. The molecule has 0 saturated carbocycles. The minimum atomic E-state index is -0.557. The smallest absolute Gasteiger partial charge is 0.242 e. The summed E-state index contributed by atoms with van der Waals surface area (Å²) in [5, 5.41) is 13.2. The molecule has 0 radical (unpaired) electrons. The molecule has 0 bridgehead atoms. The van der Waals surface area contributed by atoms with Crippen LogP contribution < -0.4 is 27.8 Å². The van der Waals surface area contributed by atoms with Crippen LogP contribution in [-0.4, -0.2) is 36.1 Å². The molecule has 0 heterocycles. The first-order chi connectivity index (χ1) is 13.4. The molecular formula is C19H31N7O2. The lowest BCUT2D eigenvalue weighted by Gasteiger charge is -2.18. The highest BCUT2D eigenvalue weighted by Crippen LogP contribution is 2.06. The van der Waals surface area contributed by atoms with Crippen molar-refractivity contribution in [1.29, 1.82) is 0 Å². The van der Waals surface area contributed by atoms with E-state index in [1.165, 1.54) is 0 Å². The molecule has 8 N–H and O–H groups in total. The van der Waals surface area contributed by atoms with E-state index in [0.717, 1.165) is 18.4 Å².